The highest BCUT2D eigenvalue weighted by molar-refractivity contribution is 5.83. The lowest BCUT2D eigenvalue weighted by atomic mass is 10.00. The smallest absolute Gasteiger partial charge is 0.241 e. The van der Waals surface area contributed by atoms with Crippen LogP contribution < -0.4 is 10.6 Å². The van der Waals surface area contributed by atoms with Gasteiger partial charge in [0, 0.05) is 32.2 Å². The molecular formula is C22H26FN3O. The van der Waals surface area contributed by atoms with E-state index in [0.717, 1.165) is 44.5 Å². The summed E-state index contributed by atoms with van der Waals surface area (Å²) in [6, 6.07) is 14.7. The van der Waals surface area contributed by atoms with E-state index in [1.807, 2.05) is 0 Å². The second kappa shape index (κ2) is 8.19. The fourth-order valence-corrected chi connectivity index (χ4v) is 3.64. The van der Waals surface area contributed by atoms with Crippen molar-refractivity contribution in [2.24, 2.45) is 0 Å². The van der Waals surface area contributed by atoms with Gasteiger partial charge in [0.1, 0.15) is 11.9 Å². The maximum atomic E-state index is 13.3. The minimum absolute atomic E-state index is 0.0203. The molecule has 2 N–H and O–H groups in total. The molecule has 0 spiro atoms. The summed E-state index contributed by atoms with van der Waals surface area (Å²) in [6.07, 6.45) is 3.17. The third-order valence-electron chi connectivity index (χ3n) is 5.38. The minimum atomic E-state index is -0.441. The van der Waals surface area contributed by atoms with Crippen molar-refractivity contribution in [2.75, 3.05) is 19.6 Å². The molecule has 2 aromatic rings. The molecule has 1 amide bonds. The van der Waals surface area contributed by atoms with Crippen molar-refractivity contribution in [1.29, 1.82) is 0 Å². The van der Waals surface area contributed by atoms with Crippen LogP contribution in [-0.2, 0) is 17.8 Å². The number of nitrogens with zero attached hydrogens (tertiary/aromatic N) is 1. The molecule has 1 aliphatic heterocycles. The van der Waals surface area contributed by atoms with Crippen LogP contribution in [0.15, 0.2) is 48.5 Å². The summed E-state index contributed by atoms with van der Waals surface area (Å²) in [5.74, 6) is -0.305. The van der Waals surface area contributed by atoms with Gasteiger partial charge in [-0.25, -0.2) is 4.39 Å². The quantitative estimate of drug-likeness (QED) is 0.791. The van der Waals surface area contributed by atoms with Crippen LogP contribution >= 0.6 is 0 Å². The maximum Gasteiger partial charge on any atom is 0.241 e. The molecule has 5 heteroatoms. The predicted octanol–water partition coefficient (Wildman–Crippen LogP) is 2.79. The van der Waals surface area contributed by atoms with E-state index >= 15 is 0 Å². The van der Waals surface area contributed by atoms with Crippen LogP contribution in [0.2, 0.25) is 0 Å². The molecule has 1 atom stereocenters. The zero-order valence-corrected chi connectivity index (χ0v) is 15.5. The Labute approximate surface area is 159 Å². The van der Waals surface area contributed by atoms with Crippen LogP contribution in [0.25, 0.3) is 0 Å². The maximum absolute atomic E-state index is 13.3. The van der Waals surface area contributed by atoms with Gasteiger partial charge >= 0.3 is 0 Å². The lowest BCUT2D eigenvalue weighted by molar-refractivity contribution is -0.123. The Bertz CT molecular complexity index is 788. The van der Waals surface area contributed by atoms with Crippen molar-refractivity contribution in [3.05, 3.63) is 71.0 Å². The number of nitrogens with one attached hydrogen (secondary N) is 2. The average molecular weight is 367 g/mol. The van der Waals surface area contributed by atoms with E-state index < -0.39 is 6.04 Å². The first kappa shape index (κ1) is 18.1. The number of amides is 1. The van der Waals surface area contributed by atoms with Crippen LogP contribution in [0, 0.1) is 5.82 Å². The van der Waals surface area contributed by atoms with Gasteiger partial charge < -0.3 is 10.6 Å². The fourth-order valence-electron chi connectivity index (χ4n) is 3.64. The Balaban J connectivity index is 1.35. The number of benzene rings is 2. The third kappa shape index (κ3) is 4.73. The van der Waals surface area contributed by atoms with E-state index in [1.165, 1.54) is 23.3 Å². The van der Waals surface area contributed by atoms with Crippen molar-refractivity contribution >= 4 is 5.91 Å². The van der Waals surface area contributed by atoms with Crippen molar-refractivity contribution in [1.82, 2.24) is 15.5 Å². The molecular weight excluding hydrogens is 341 g/mol. The SMILES string of the molecule is O=C(NC1CC1)C(NCCN1CCc2ccccc2C1)c1ccc(F)cc1. The number of hydrogen-bond acceptors (Lipinski definition) is 3. The Morgan fingerprint density at radius 2 is 1.85 bits per heavy atom. The number of fused-ring (bicyclic) bond motifs is 1. The molecule has 4 nitrogen and oxygen atoms in total. The molecule has 0 radical (unpaired) electrons. The summed E-state index contributed by atoms with van der Waals surface area (Å²) < 4.78 is 13.3. The largest absolute Gasteiger partial charge is 0.352 e. The summed E-state index contributed by atoms with van der Waals surface area (Å²) in [5, 5.41) is 6.44. The van der Waals surface area contributed by atoms with E-state index in [4.69, 9.17) is 0 Å². The molecule has 1 fully saturated rings. The first-order valence-electron chi connectivity index (χ1n) is 9.77. The van der Waals surface area contributed by atoms with Crippen LogP contribution in [0.4, 0.5) is 4.39 Å². The summed E-state index contributed by atoms with van der Waals surface area (Å²) in [4.78, 5) is 15.1. The van der Waals surface area contributed by atoms with Crippen molar-refractivity contribution < 1.29 is 9.18 Å². The zero-order chi connectivity index (χ0) is 18.6. The van der Waals surface area contributed by atoms with Gasteiger partial charge in [-0.15, -0.1) is 0 Å². The molecule has 0 aromatic heterocycles. The lowest BCUT2D eigenvalue weighted by Crippen LogP contribution is -2.42. The standard InChI is InChI=1S/C22H26FN3O/c23-19-7-5-17(6-8-19)21(22(27)25-20-9-10-20)24-12-14-26-13-11-16-3-1-2-4-18(16)15-26/h1-8,20-21,24H,9-15H2,(H,25,27). The normalized spacial score (nSPS) is 18.0. The molecule has 2 aliphatic rings. The second-order valence-corrected chi connectivity index (χ2v) is 7.52. The van der Waals surface area contributed by atoms with Gasteiger partial charge in [-0.2, -0.15) is 0 Å². The highest BCUT2D eigenvalue weighted by Gasteiger charge is 2.28. The molecule has 4 rings (SSSR count). The van der Waals surface area contributed by atoms with Crippen LogP contribution in [0.3, 0.4) is 0 Å². The van der Waals surface area contributed by atoms with Gasteiger partial charge in [0.15, 0.2) is 0 Å². The van der Waals surface area contributed by atoms with Gasteiger partial charge in [-0.3, -0.25) is 9.69 Å². The number of carbonyl (C=O) groups excluding carboxylic acids is 1. The Hall–Kier alpha value is -2.24. The summed E-state index contributed by atoms with van der Waals surface area (Å²) >= 11 is 0. The van der Waals surface area contributed by atoms with Crippen molar-refractivity contribution in [3.63, 3.8) is 0 Å². The Morgan fingerprint density at radius 1 is 1.11 bits per heavy atom. The highest BCUT2D eigenvalue weighted by Crippen LogP contribution is 2.22. The third-order valence-corrected chi connectivity index (χ3v) is 5.38. The Morgan fingerprint density at radius 3 is 2.59 bits per heavy atom. The summed E-state index contributed by atoms with van der Waals surface area (Å²) in [6.45, 7) is 3.58. The van der Waals surface area contributed by atoms with E-state index in [-0.39, 0.29) is 11.7 Å². The molecule has 142 valence electrons. The van der Waals surface area contributed by atoms with Crippen LogP contribution in [0.1, 0.15) is 35.6 Å². The number of carbonyl (C=O) groups is 1. The van der Waals surface area contributed by atoms with Crippen LogP contribution in [0.5, 0.6) is 0 Å². The van der Waals surface area contributed by atoms with E-state index in [2.05, 4.69) is 39.8 Å². The average Bonchev–Trinajstić information content (AvgIpc) is 3.50. The lowest BCUT2D eigenvalue weighted by Gasteiger charge is -2.29. The summed E-state index contributed by atoms with van der Waals surface area (Å²) in [7, 11) is 0. The molecule has 1 aliphatic carbocycles. The first-order valence-corrected chi connectivity index (χ1v) is 9.77. The predicted molar refractivity (Wildman–Crippen MR) is 104 cm³/mol. The first-order chi connectivity index (χ1) is 13.2. The molecule has 1 unspecified atom stereocenters. The molecule has 1 heterocycles. The van der Waals surface area contributed by atoms with E-state index in [0.29, 0.717) is 12.6 Å². The molecule has 0 saturated heterocycles. The van der Waals surface area contributed by atoms with Crippen LogP contribution in [-0.4, -0.2) is 36.5 Å². The number of rotatable bonds is 7. The molecule has 0 bridgehead atoms. The Kier molecular flexibility index (Phi) is 5.50. The monoisotopic (exact) mass is 367 g/mol. The minimum Gasteiger partial charge on any atom is -0.352 e. The summed E-state index contributed by atoms with van der Waals surface area (Å²) in [5.41, 5.74) is 3.64. The van der Waals surface area contributed by atoms with Gasteiger partial charge in [0.05, 0.1) is 0 Å². The van der Waals surface area contributed by atoms with Gasteiger partial charge in [0.25, 0.3) is 0 Å². The van der Waals surface area contributed by atoms with Crippen molar-refractivity contribution in [2.45, 2.75) is 37.9 Å². The van der Waals surface area contributed by atoms with E-state index in [1.54, 1.807) is 12.1 Å². The van der Waals surface area contributed by atoms with Gasteiger partial charge in [-0.05, 0) is 48.1 Å². The molecule has 27 heavy (non-hydrogen) atoms. The van der Waals surface area contributed by atoms with E-state index in [9.17, 15) is 9.18 Å². The molecule has 2 aromatic carbocycles. The van der Waals surface area contributed by atoms with Gasteiger partial charge in [0.2, 0.25) is 5.91 Å². The number of hydrogen-bond donors (Lipinski definition) is 2. The molecule has 1 saturated carbocycles. The number of halogens is 1. The highest BCUT2D eigenvalue weighted by atomic mass is 19.1. The zero-order valence-electron chi connectivity index (χ0n) is 15.5. The fraction of sp³-hybridized carbons (Fsp3) is 0.409. The van der Waals surface area contributed by atoms with Gasteiger partial charge in [-0.1, -0.05) is 36.4 Å². The van der Waals surface area contributed by atoms with Crippen molar-refractivity contribution in [3.8, 4) is 0 Å². The second-order valence-electron chi connectivity index (χ2n) is 7.52. The topological polar surface area (TPSA) is 44.4 Å².